The third-order valence-electron chi connectivity index (χ3n) is 2.76. The Morgan fingerprint density at radius 2 is 2.17 bits per heavy atom. The minimum atomic E-state index is 0.783. The Hall–Kier alpha value is -1.14. The van der Waals surface area contributed by atoms with Crippen molar-refractivity contribution < 1.29 is 0 Å². The minimum absolute atomic E-state index is 0.783. The number of hydrogen-bond acceptors (Lipinski definition) is 4. The lowest BCUT2D eigenvalue weighted by molar-refractivity contribution is 0.761. The van der Waals surface area contributed by atoms with Crippen molar-refractivity contribution in [3.05, 3.63) is 29.8 Å². The second kappa shape index (κ2) is 4.85. The summed E-state index contributed by atoms with van der Waals surface area (Å²) in [6.45, 7) is 2.07. The van der Waals surface area contributed by atoms with Crippen LogP contribution in [-0.2, 0) is 0 Å². The third-order valence-corrected chi connectivity index (χ3v) is 4.40. The van der Waals surface area contributed by atoms with Crippen LogP contribution in [0.15, 0.2) is 34.5 Å². The number of rotatable bonds is 2. The van der Waals surface area contributed by atoms with E-state index in [1.165, 1.54) is 5.56 Å². The van der Waals surface area contributed by atoms with Crippen LogP contribution in [0.3, 0.4) is 0 Å². The Kier molecular flexibility index (Phi) is 3.22. The van der Waals surface area contributed by atoms with E-state index in [0.29, 0.717) is 0 Å². The molecule has 92 valence electrons. The van der Waals surface area contributed by atoms with Crippen LogP contribution in [0.25, 0.3) is 11.4 Å². The number of alkyl halides is 1. The molecule has 0 spiro atoms. The molecule has 0 radical (unpaired) electrons. The molecular weight excluding hydrogens is 312 g/mol. The molecule has 4 nitrogen and oxygen atoms in total. The Balaban J connectivity index is 2.14. The number of halogens is 1. The molecule has 0 amide bonds. The standard InChI is InChI=1S/C12H11BrN4S/c1-8-4-2-3-5-10(8)11-14-15-12-17(11)16-9(6-13)7-18-12/h2-5H,6-7H2,1H3. The number of benzene rings is 1. The van der Waals surface area contributed by atoms with Crippen molar-refractivity contribution in [3.8, 4) is 11.4 Å². The van der Waals surface area contributed by atoms with Crippen molar-refractivity contribution in [3.63, 3.8) is 0 Å². The first-order valence-corrected chi connectivity index (χ1v) is 7.67. The van der Waals surface area contributed by atoms with Crippen LogP contribution in [0.2, 0.25) is 0 Å². The fraction of sp³-hybridized carbons (Fsp3) is 0.250. The molecule has 3 rings (SSSR count). The summed E-state index contributed by atoms with van der Waals surface area (Å²) < 4.78 is 1.84. The van der Waals surface area contributed by atoms with Gasteiger partial charge in [-0.1, -0.05) is 52.0 Å². The van der Waals surface area contributed by atoms with Crippen LogP contribution >= 0.6 is 27.7 Å². The molecule has 2 heterocycles. The van der Waals surface area contributed by atoms with E-state index in [2.05, 4.69) is 50.3 Å². The van der Waals surface area contributed by atoms with Crippen molar-refractivity contribution in [2.24, 2.45) is 5.10 Å². The van der Waals surface area contributed by atoms with E-state index in [9.17, 15) is 0 Å². The lowest BCUT2D eigenvalue weighted by atomic mass is 10.1. The maximum Gasteiger partial charge on any atom is 0.212 e. The van der Waals surface area contributed by atoms with Crippen LogP contribution in [-0.4, -0.2) is 31.7 Å². The van der Waals surface area contributed by atoms with E-state index in [4.69, 9.17) is 0 Å². The zero-order chi connectivity index (χ0) is 12.5. The van der Waals surface area contributed by atoms with E-state index < -0.39 is 0 Å². The minimum Gasteiger partial charge on any atom is -0.187 e. The van der Waals surface area contributed by atoms with Crippen molar-refractivity contribution in [2.45, 2.75) is 12.1 Å². The molecule has 0 saturated heterocycles. The number of thioether (sulfide) groups is 1. The maximum atomic E-state index is 4.58. The van der Waals surface area contributed by atoms with E-state index in [1.54, 1.807) is 11.8 Å². The molecule has 1 aromatic carbocycles. The largest absolute Gasteiger partial charge is 0.212 e. The second-order valence-electron chi connectivity index (χ2n) is 4.02. The molecule has 1 aliphatic heterocycles. The highest BCUT2D eigenvalue weighted by atomic mass is 79.9. The average molecular weight is 323 g/mol. The normalized spacial score (nSPS) is 14.2. The van der Waals surface area contributed by atoms with Crippen molar-refractivity contribution in [1.82, 2.24) is 14.9 Å². The van der Waals surface area contributed by atoms with Gasteiger partial charge < -0.3 is 0 Å². The van der Waals surface area contributed by atoms with Crippen LogP contribution in [0.4, 0.5) is 0 Å². The number of fused-ring (bicyclic) bond motifs is 1. The first-order valence-electron chi connectivity index (χ1n) is 5.56. The predicted octanol–water partition coefficient (Wildman–Crippen LogP) is 2.96. The predicted molar refractivity (Wildman–Crippen MR) is 77.5 cm³/mol. The number of aromatic nitrogens is 3. The van der Waals surface area contributed by atoms with Gasteiger partial charge in [-0.05, 0) is 12.5 Å². The quantitative estimate of drug-likeness (QED) is 0.798. The summed E-state index contributed by atoms with van der Waals surface area (Å²) >= 11 is 5.12. The molecule has 0 bridgehead atoms. The van der Waals surface area contributed by atoms with Crippen molar-refractivity contribution in [1.29, 1.82) is 0 Å². The maximum absolute atomic E-state index is 4.58. The van der Waals surface area contributed by atoms with Crippen LogP contribution in [0.1, 0.15) is 5.56 Å². The van der Waals surface area contributed by atoms with E-state index in [0.717, 1.165) is 33.3 Å². The monoisotopic (exact) mass is 322 g/mol. The SMILES string of the molecule is Cc1ccccc1-c1nnc2n1N=C(CBr)CS2. The highest BCUT2D eigenvalue weighted by Crippen LogP contribution is 2.28. The van der Waals surface area contributed by atoms with Gasteiger partial charge >= 0.3 is 0 Å². The summed E-state index contributed by atoms with van der Waals surface area (Å²) in [7, 11) is 0. The average Bonchev–Trinajstić information content (AvgIpc) is 2.82. The number of aryl methyl sites for hydroxylation is 1. The Bertz CT molecular complexity index is 620. The zero-order valence-corrected chi connectivity index (χ0v) is 12.2. The molecule has 0 unspecified atom stereocenters. The molecule has 2 aromatic rings. The van der Waals surface area contributed by atoms with E-state index >= 15 is 0 Å². The zero-order valence-electron chi connectivity index (χ0n) is 9.80. The summed E-state index contributed by atoms with van der Waals surface area (Å²) in [5, 5.41) is 14.7. The smallest absolute Gasteiger partial charge is 0.187 e. The van der Waals surface area contributed by atoms with Gasteiger partial charge in [-0.3, -0.25) is 0 Å². The van der Waals surface area contributed by atoms with E-state index in [1.807, 2.05) is 16.8 Å². The van der Waals surface area contributed by atoms with Crippen LogP contribution in [0, 0.1) is 6.92 Å². The molecule has 1 aliphatic rings. The molecule has 0 N–H and O–H groups in total. The van der Waals surface area contributed by atoms with Crippen molar-refractivity contribution >= 4 is 33.4 Å². The lowest BCUT2D eigenvalue weighted by Gasteiger charge is -2.12. The molecular formula is C12H11BrN4S. The molecule has 0 saturated carbocycles. The van der Waals surface area contributed by atoms with Gasteiger partial charge in [0, 0.05) is 16.6 Å². The van der Waals surface area contributed by atoms with Crippen molar-refractivity contribution in [2.75, 3.05) is 11.1 Å². The topological polar surface area (TPSA) is 43.1 Å². The fourth-order valence-corrected chi connectivity index (χ4v) is 3.20. The lowest BCUT2D eigenvalue weighted by Crippen LogP contribution is -2.13. The first kappa shape index (κ1) is 11.9. The summed E-state index contributed by atoms with van der Waals surface area (Å²) in [6, 6.07) is 8.15. The van der Waals surface area contributed by atoms with Gasteiger partial charge in [-0.2, -0.15) is 9.78 Å². The van der Waals surface area contributed by atoms with Gasteiger partial charge in [-0.15, -0.1) is 10.2 Å². The van der Waals surface area contributed by atoms with E-state index in [-0.39, 0.29) is 0 Å². The van der Waals surface area contributed by atoms with Crippen LogP contribution in [0.5, 0.6) is 0 Å². The number of hydrogen-bond donors (Lipinski definition) is 0. The molecule has 18 heavy (non-hydrogen) atoms. The molecule has 0 fully saturated rings. The molecule has 6 heteroatoms. The van der Waals surface area contributed by atoms with Gasteiger partial charge in [0.1, 0.15) is 0 Å². The third kappa shape index (κ3) is 1.99. The van der Waals surface area contributed by atoms with Gasteiger partial charge in [0.15, 0.2) is 5.82 Å². The first-order chi connectivity index (χ1) is 8.79. The fourth-order valence-electron chi connectivity index (χ4n) is 1.82. The Morgan fingerprint density at radius 3 is 2.94 bits per heavy atom. The summed E-state index contributed by atoms with van der Waals surface area (Å²) in [4.78, 5) is 0. The highest BCUT2D eigenvalue weighted by molar-refractivity contribution is 9.09. The molecule has 1 aromatic heterocycles. The Morgan fingerprint density at radius 1 is 1.33 bits per heavy atom. The second-order valence-corrected chi connectivity index (χ2v) is 5.52. The molecule has 0 atom stereocenters. The van der Waals surface area contributed by atoms with Gasteiger partial charge in [-0.25, -0.2) is 0 Å². The van der Waals surface area contributed by atoms with Crippen LogP contribution < -0.4 is 0 Å². The summed E-state index contributed by atoms with van der Waals surface area (Å²) in [5.74, 6) is 1.69. The van der Waals surface area contributed by atoms with Gasteiger partial charge in [0.25, 0.3) is 0 Å². The Labute approximate surface area is 118 Å². The number of nitrogens with zero attached hydrogens (tertiary/aromatic N) is 4. The van der Waals surface area contributed by atoms with Gasteiger partial charge in [0.2, 0.25) is 5.16 Å². The summed E-state index contributed by atoms with van der Waals surface area (Å²) in [5.41, 5.74) is 3.36. The molecule has 0 aliphatic carbocycles. The highest BCUT2D eigenvalue weighted by Gasteiger charge is 2.19. The summed E-state index contributed by atoms with van der Waals surface area (Å²) in [6.07, 6.45) is 0. The van der Waals surface area contributed by atoms with Gasteiger partial charge in [0.05, 0.1) is 5.71 Å².